The van der Waals surface area contributed by atoms with Crippen LogP contribution in [0.4, 0.5) is 14.5 Å². The number of rotatable bonds is 4. The Bertz CT molecular complexity index is 1250. The molecule has 1 aliphatic carbocycles. The van der Waals surface area contributed by atoms with Crippen molar-refractivity contribution in [3.05, 3.63) is 69.7 Å². The number of hydrogen-bond donors (Lipinski definition) is 1. The van der Waals surface area contributed by atoms with Gasteiger partial charge in [-0.1, -0.05) is 12.1 Å². The van der Waals surface area contributed by atoms with Gasteiger partial charge in [0, 0.05) is 19.2 Å². The molecule has 32 heavy (non-hydrogen) atoms. The van der Waals surface area contributed by atoms with Gasteiger partial charge in [-0.2, -0.15) is 0 Å². The lowest BCUT2D eigenvalue weighted by Crippen LogP contribution is -2.42. The van der Waals surface area contributed by atoms with E-state index in [2.05, 4.69) is 10.3 Å². The highest BCUT2D eigenvalue weighted by atomic mass is 32.1. The fourth-order valence-corrected chi connectivity index (χ4v) is 4.51. The molecule has 0 atom stereocenters. The third kappa shape index (κ3) is 4.85. The lowest BCUT2D eigenvalue weighted by atomic mass is 10.2. The van der Waals surface area contributed by atoms with Gasteiger partial charge in [0.05, 0.1) is 20.9 Å². The molecule has 166 valence electrons. The van der Waals surface area contributed by atoms with Gasteiger partial charge < -0.3 is 4.90 Å². The Labute approximate surface area is 189 Å². The van der Waals surface area contributed by atoms with Crippen LogP contribution in [-0.2, 0) is 11.3 Å². The van der Waals surface area contributed by atoms with Crippen LogP contribution in [0.5, 0.6) is 0 Å². The number of fused-ring (bicyclic) bond motifs is 1. The molecule has 1 N–H and O–H groups in total. The SMILES string of the molecule is Cc1nc2cc(C)c(N=C(NC(=O)C3=CCCC3)N(C)Cc3ccc(F)c(F)c3)cc2s1. The summed E-state index contributed by atoms with van der Waals surface area (Å²) in [7, 11) is 1.76. The average Bonchev–Trinajstić information content (AvgIpc) is 3.39. The van der Waals surface area contributed by atoms with Crippen LogP contribution in [0, 0.1) is 25.5 Å². The molecule has 8 heteroatoms. The number of aryl methyl sites for hydroxylation is 2. The fraction of sp³-hybridized carbons (Fsp3) is 0.292. The number of amides is 1. The van der Waals surface area contributed by atoms with E-state index in [1.54, 1.807) is 23.3 Å². The largest absolute Gasteiger partial charge is 0.341 e. The van der Waals surface area contributed by atoms with Crippen LogP contribution in [0.15, 0.2) is 47.0 Å². The molecule has 1 heterocycles. The Morgan fingerprint density at radius 3 is 2.75 bits per heavy atom. The van der Waals surface area contributed by atoms with E-state index in [-0.39, 0.29) is 12.5 Å². The molecule has 0 bridgehead atoms. The number of guanidine groups is 1. The molecular weight excluding hydrogens is 430 g/mol. The molecular formula is C24H24F2N4OS. The van der Waals surface area contributed by atoms with Crippen molar-refractivity contribution >= 4 is 39.1 Å². The van der Waals surface area contributed by atoms with E-state index in [4.69, 9.17) is 4.99 Å². The minimum atomic E-state index is -0.906. The summed E-state index contributed by atoms with van der Waals surface area (Å²) in [5.41, 5.74) is 3.87. The number of carbonyl (C=O) groups excluding carboxylic acids is 1. The number of halogens is 2. The predicted molar refractivity (Wildman–Crippen MR) is 124 cm³/mol. The maximum atomic E-state index is 13.7. The van der Waals surface area contributed by atoms with E-state index in [9.17, 15) is 13.6 Å². The molecule has 4 rings (SSSR count). The zero-order valence-corrected chi connectivity index (χ0v) is 19.0. The molecule has 0 aliphatic heterocycles. The molecule has 1 amide bonds. The highest BCUT2D eigenvalue weighted by molar-refractivity contribution is 7.18. The maximum absolute atomic E-state index is 13.7. The van der Waals surface area contributed by atoms with Gasteiger partial charge in [-0.15, -0.1) is 11.3 Å². The first-order chi connectivity index (χ1) is 15.3. The van der Waals surface area contributed by atoms with Crippen molar-refractivity contribution in [2.45, 2.75) is 39.7 Å². The molecule has 0 fully saturated rings. The van der Waals surface area contributed by atoms with Gasteiger partial charge in [0.2, 0.25) is 5.96 Å². The number of aliphatic imine (C=N–C) groups is 1. The minimum absolute atomic E-state index is 0.189. The topological polar surface area (TPSA) is 57.6 Å². The van der Waals surface area contributed by atoms with Gasteiger partial charge in [-0.05, 0) is 68.5 Å². The fourth-order valence-electron chi connectivity index (χ4n) is 3.67. The van der Waals surface area contributed by atoms with E-state index >= 15 is 0 Å². The Morgan fingerprint density at radius 2 is 2.03 bits per heavy atom. The van der Waals surface area contributed by atoms with E-state index in [1.807, 2.05) is 32.1 Å². The lowest BCUT2D eigenvalue weighted by Gasteiger charge is -2.22. The van der Waals surface area contributed by atoms with Gasteiger partial charge >= 0.3 is 0 Å². The van der Waals surface area contributed by atoms with E-state index < -0.39 is 11.6 Å². The standard InChI is InChI=1S/C24H24F2N4OS/c1-14-10-21-22(32-15(2)27-21)12-20(14)28-24(29-23(31)17-6-4-5-7-17)30(3)13-16-8-9-18(25)19(26)11-16/h6,8-12H,4-5,7,13H2,1-3H3,(H,28,29,31). The monoisotopic (exact) mass is 454 g/mol. The number of carbonyl (C=O) groups is 1. The van der Waals surface area contributed by atoms with Crippen molar-refractivity contribution in [3.63, 3.8) is 0 Å². The molecule has 1 aliphatic rings. The van der Waals surface area contributed by atoms with Crippen molar-refractivity contribution in [1.29, 1.82) is 0 Å². The number of nitrogens with zero attached hydrogens (tertiary/aromatic N) is 3. The lowest BCUT2D eigenvalue weighted by molar-refractivity contribution is -0.116. The van der Waals surface area contributed by atoms with Gasteiger partial charge in [-0.3, -0.25) is 10.1 Å². The average molecular weight is 455 g/mol. The molecule has 1 aromatic heterocycles. The summed E-state index contributed by atoms with van der Waals surface area (Å²) in [5.74, 6) is -1.64. The van der Waals surface area contributed by atoms with Crippen LogP contribution in [-0.4, -0.2) is 28.8 Å². The molecule has 0 unspecified atom stereocenters. The first-order valence-corrected chi connectivity index (χ1v) is 11.2. The number of benzene rings is 2. The zero-order valence-electron chi connectivity index (χ0n) is 18.2. The van der Waals surface area contributed by atoms with Gasteiger partial charge in [-0.25, -0.2) is 18.8 Å². The predicted octanol–water partition coefficient (Wildman–Crippen LogP) is 5.54. The smallest absolute Gasteiger partial charge is 0.253 e. The summed E-state index contributed by atoms with van der Waals surface area (Å²) in [6.45, 7) is 4.15. The van der Waals surface area contributed by atoms with Crippen LogP contribution in [0.3, 0.4) is 0 Å². The molecule has 3 aromatic rings. The summed E-state index contributed by atoms with van der Waals surface area (Å²) in [4.78, 5) is 23.8. The third-order valence-electron chi connectivity index (χ3n) is 5.36. The number of hydrogen-bond acceptors (Lipinski definition) is 4. The molecule has 0 spiro atoms. The second-order valence-corrected chi connectivity index (χ2v) is 9.19. The van der Waals surface area contributed by atoms with Crippen LogP contribution in [0.25, 0.3) is 10.2 Å². The zero-order chi connectivity index (χ0) is 22.8. The van der Waals surface area contributed by atoms with Crippen molar-refractivity contribution in [1.82, 2.24) is 15.2 Å². The second kappa shape index (κ2) is 9.16. The van der Waals surface area contributed by atoms with Crippen LogP contribution in [0.1, 0.15) is 35.4 Å². The van der Waals surface area contributed by atoms with E-state index in [0.717, 1.165) is 57.8 Å². The summed E-state index contributed by atoms with van der Waals surface area (Å²) >= 11 is 1.58. The Hall–Kier alpha value is -3.13. The first-order valence-electron chi connectivity index (χ1n) is 10.4. The normalized spacial score (nSPS) is 14.0. The number of thiazole rings is 1. The third-order valence-corrected chi connectivity index (χ3v) is 6.30. The van der Waals surface area contributed by atoms with Crippen LogP contribution in [0.2, 0.25) is 0 Å². The van der Waals surface area contributed by atoms with E-state index in [0.29, 0.717) is 17.2 Å². The van der Waals surface area contributed by atoms with Crippen LogP contribution >= 0.6 is 11.3 Å². The molecule has 0 radical (unpaired) electrons. The summed E-state index contributed by atoms with van der Waals surface area (Å²) < 4.78 is 28.0. The Kier molecular flexibility index (Phi) is 6.32. The molecule has 0 saturated heterocycles. The Balaban J connectivity index is 1.68. The number of nitrogens with one attached hydrogen (secondary N) is 1. The van der Waals surface area contributed by atoms with Crippen molar-refractivity contribution in [2.75, 3.05) is 7.05 Å². The van der Waals surface area contributed by atoms with Gasteiger partial charge in [0.1, 0.15) is 0 Å². The summed E-state index contributed by atoms with van der Waals surface area (Å²) in [5, 5.41) is 3.89. The highest BCUT2D eigenvalue weighted by Crippen LogP contribution is 2.30. The molecule has 5 nitrogen and oxygen atoms in total. The quantitative estimate of drug-likeness (QED) is 0.416. The van der Waals surface area contributed by atoms with Gasteiger partial charge in [0.15, 0.2) is 11.6 Å². The first kappa shape index (κ1) is 22.1. The number of aromatic nitrogens is 1. The van der Waals surface area contributed by atoms with Crippen molar-refractivity contribution in [3.8, 4) is 0 Å². The highest BCUT2D eigenvalue weighted by Gasteiger charge is 2.18. The van der Waals surface area contributed by atoms with E-state index in [1.165, 1.54) is 6.07 Å². The van der Waals surface area contributed by atoms with Crippen molar-refractivity contribution in [2.24, 2.45) is 4.99 Å². The van der Waals surface area contributed by atoms with Crippen molar-refractivity contribution < 1.29 is 13.6 Å². The van der Waals surface area contributed by atoms with Gasteiger partial charge in [0.25, 0.3) is 5.91 Å². The molecule has 0 saturated carbocycles. The summed E-state index contributed by atoms with van der Waals surface area (Å²) in [6.07, 6.45) is 4.53. The Morgan fingerprint density at radius 1 is 1.22 bits per heavy atom. The summed E-state index contributed by atoms with van der Waals surface area (Å²) in [6, 6.07) is 7.71. The molecule has 2 aromatic carbocycles. The second-order valence-electron chi connectivity index (χ2n) is 7.95. The maximum Gasteiger partial charge on any atom is 0.253 e. The number of allylic oxidation sites excluding steroid dienone is 1. The minimum Gasteiger partial charge on any atom is -0.341 e. The van der Waals surface area contributed by atoms with Crippen LogP contribution < -0.4 is 5.32 Å².